The quantitative estimate of drug-likeness (QED) is 0.523. The number of amides is 1. The summed E-state index contributed by atoms with van der Waals surface area (Å²) in [4.78, 5) is 11.4. The molecule has 0 saturated carbocycles. The number of ether oxygens (including phenoxy) is 1. The maximum absolute atomic E-state index is 12.7. The molecule has 3 N–H and O–H groups in total. The van der Waals surface area contributed by atoms with Crippen LogP contribution in [0.4, 0.5) is 9.18 Å². The van der Waals surface area contributed by atoms with Gasteiger partial charge in [-0.2, -0.15) is 0 Å². The van der Waals surface area contributed by atoms with Gasteiger partial charge in [-0.3, -0.25) is 5.32 Å². The van der Waals surface area contributed by atoms with Crippen molar-refractivity contribution in [3.63, 3.8) is 0 Å². The lowest BCUT2D eigenvalue weighted by Gasteiger charge is -2.19. The van der Waals surface area contributed by atoms with E-state index in [0.717, 1.165) is 0 Å². The van der Waals surface area contributed by atoms with Crippen molar-refractivity contribution in [1.29, 1.82) is 0 Å². The smallest absolute Gasteiger partial charge is 0.444 e. The van der Waals surface area contributed by atoms with Gasteiger partial charge in [0.15, 0.2) is 0 Å². The Morgan fingerprint density at radius 1 is 1.42 bits per heavy atom. The summed E-state index contributed by atoms with van der Waals surface area (Å²) in [6.07, 6.45) is 2.88. The van der Waals surface area contributed by atoms with Crippen LogP contribution in [0.5, 0.6) is 0 Å². The van der Waals surface area contributed by atoms with Gasteiger partial charge in [0.2, 0.25) is 0 Å². The normalized spacial score (nSPS) is 12.9. The molecule has 0 aromatic heterocycles. The topological polar surface area (TPSA) is 78.8 Å². The van der Waals surface area contributed by atoms with E-state index in [1.807, 2.05) is 0 Å². The minimum atomic E-state index is -1.71. The number of hydrogen-bond acceptors (Lipinski definition) is 4. The van der Waals surface area contributed by atoms with Gasteiger partial charge in [-0.05, 0) is 32.3 Å². The second kappa shape index (κ2) is 7.76. The summed E-state index contributed by atoms with van der Waals surface area (Å²) in [7, 11) is -1.71. The van der Waals surface area contributed by atoms with E-state index in [0.29, 0.717) is 0 Å². The highest BCUT2D eigenvalue weighted by Gasteiger charge is 2.17. The fraction of sp³-hybridized carbons (Fsp3) is 0.417. The lowest BCUT2D eigenvalue weighted by Crippen LogP contribution is -2.32. The van der Waals surface area contributed by atoms with Crippen LogP contribution in [0.1, 0.15) is 20.8 Å². The number of carbonyl (C=O) groups excluding carboxylic acids is 1. The van der Waals surface area contributed by atoms with Crippen LogP contribution in [0, 0.1) is 0 Å². The number of carbonyl (C=O) groups is 1. The zero-order chi connectivity index (χ0) is 15.1. The highest BCUT2D eigenvalue weighted by Crippen LogP contribution is 2.07. The molecule has 0 radical (unpaired) electrons. The number of allylic oxidation sites excluding steroid dienone is 5. The Bertz CT molecular complexity index is 386. The molecule has 19 heavy (non-hydrogen) atoms. The summed E-state index contributed by atoms with van der Waals surface area (Å²) in [5.74, 6) is 0. The molecule has 0 aliphatic heterocycles. The molecule has 0 rings (SSSR count). The first kappa shape index (κ1) is 17.4. The van der Waals surface area contributed by atoms with E-state index in [2.05, 4.69) is 11.9 Å². The van der Waals surface area contributed by atoms with Gasteiger partial charge in [0.05, 0.1) is 5.70 Å². The van der Waals surface area contributed by atoms with Crippen LogP contribution in [0.2, 0.25) is 0 Å². The molecule has 7 heteroatoms. The standard InChI is InChI=1S/C12H19BFNO4/c1-5-9(13(17)18)6-7-10(8-14)15-11(16)19-12(2,3)4/h5-7,17-18H,1,8H2,2-4H3,(H,15,16)/b9-6+,10-7+. The Morgan fingerprint density at radius 2 is 2.00 bits per heavy atom. The van der Waals surface area contributed by atoms with Crippen LogP contribution < -0.4 is 5.32 Å². The third-order valence-electron chi connectivity index (χ3n) is 1.82. The van der Waals surface area contributed by atoms with Crippen LogP contribution in [0.15, 0.2) is 36.0 Å². The molecule has 0 heterocycles. The molecule has 0 unspecified atom stereocenters. The Hall–Kier alpha value is -1.60. The Kier molecular flexibility index (Phi) is 7.10. The maximum atomic E-state index is 12.7. The second-order valence-electron chi connectivity index (χ2n) is 4.70. The van der Waals surface area contributed by atoms with Crippen LogP contribution in [-0.2, 0) is 4.74 Å². The molecule has 0 saturated heterocycles. The highest BCUT2D eigenvalue weighted by atomic mass is 19.1. The molecule has 0 aromatic carbocycles. The van der Waals surface area contributed by atoms with Gasteiger partial charge in [0.1, 0.15) is 12.3 Å². The zero-order valence-electron chi connectivity index (χ0n) is 11.3. The fourth-order valence-electron chi connectivity index (χ4n) is 1.01. The largest absolute Gasteiger partial charge is 0.488 e. The van der Waals surface area contributed by atoms with E-state index in [4.69, 9.17) is 14.8 Å². The van der Waals surface area contributed by atoms with E-state index in [1.54, 1.807) is 20.8 Å². The van der Waals surface area contributed by atoms with E-state index in [1.165, 1.54) is 18.2 Å². The molecule has 0 fully saturated rings. The Labute approximate surface area is 112 Å². The Morgan fingerprint density at radius 3 is 2.37 bits per heavy atom. The van der Waals surface area contributed by atoms with Crippen molar-refractivity contribution in [3.8, 4) is 0 Å². The summed E-state index contributed by atoms with van der Waals surface area (Å²) in [6.45, 7) is 7.49. The van der Waals surface area contributed by atoms with Crippen LogP contribution in [0.25, 0.3) is 0 Å². The van der Waals surface area contributed by atoms with Gasteiger partial charge < -0.3 is 14.8 Å². The number of nitrogens with one attached hydrogen (secondary N) is 1. The lowest BCUT2D eigenvalue weighted by atomic mass is 9.79. The number of alkyl halides is 1. The van der Waals surface area contributed by atoms with Gasteiger partial charge in [-0.1, -0.05) is 18.7 Å². The first-order valence-electron chi connectivity index (χ1n) is 5.65. The van der Waals surface area contributed by atoms with Gasteiger partial charge in [0.25, 0.3) is 0 Å². The molecule has 0 spiro atoms. The molecule has 5 nitrogen and oxygen atoms in total. The van der Waals surface area contributed by atoms with Gasteiger partial charge in [-0.25, -0.2) is 9.18 Å². The van der Waals surface area contributed by atoms with Crippen molar-refractivity contribution in [2.75, 3.05) is 6.67 Å². The van der Waals surface area contributed by atoms with Crippen molar-refractivity contribution in [2.24, 2.45) is 0 Å². The minimum Gasteiger partial charge on any atom is -0.444 e. The van der Waals surface area contributed by atoms with E-state index in [9.17, 15) is 9.18 Å². The summed E-state index contributed by atoms with van der Waals surface area (Å²) in [6, 6.07) is 0. The molecular weight excluding hydrogens is 252 g/mol. The SMILES string of the molecule is C=C/C(=C\C=C(/CF)NC(=O)OC(C)(C)C)B(O)O. The molecule has 0 bridgehead atoms. The molecule has 1 amide bonds. The third-order valence-corrected chi connectivity index (χ3v) is 1.82. The maximum Gasteiger partial charge on any atom is 0.488 e. The summed E-state index contributed by atoms with van der Waals surface area (Å²) in [5, 5.41) is 20.1. The van der Waals surface area contributed by atoms with Gasteiger partial charge in [0, 0.05) is 0 Å². The summed E-state index contributed by atoms with van der Waals surface area (Å²) in [5.41, 5.74) is -0.666. The number of halogens is 1. The van der Waals surface area contributed by atoms with Crippen molar-refractivity contribution < 1.29 is 24.0 Å². The van der Waals surface area contributed by atoms with Gasteiger partial charge >= 0.3 is 13.2 Å². The molecule has 106 valence electrons. The molecule has 0 atom stereocenters. The van der Waals surface area contributed by atoms with Crippen molar-refractivity contribution in [3.05, 3.63) is 36.0 Å². The van der Waals surface area contributed by atoms with Crippen molar-refractivity contribution in [1.82, 2.24) is 5.32 Å². The lowest BCUT2D eigenvalue weighted by molar-refractivity contribution is 0.0542. The number of rotatable bonds is 5. The summed E-state index contributed by atoms with van der Waals surface area (Å²) >= 11 is 0. The van der Waals surface area contributed by atoms with Crippen LogP contribution >= 0.6 is 0 Å². The van der Waals surface area contributed by atoms with E-state index < -0.39 is 25.5 Å². The van der Waals surface area contributed by atoms with Crippen molar-refractivity contribution >= 4 is 13.2 Å². The van der Waals surface area contributed by atoms with E-state index >= 15 is 0 Å². The summed E-state index contributed by atoms with van der Waals surface area (Å²) < 4.78 is 17.6. The third kappa shape index (κ3) is 8.18. The molecule has 0 aromatic rings. The predicted molar refractivity (Wildman–Crippen MR) is 71.9 cm³/mol. The number of hydrogen-bond donors (Lipinski definition) is 3. The second-order valence-corrected chi connectivity index (χ2v) is 4.70. The molecule has 0 aliphatic carbocycles. The van der Waals surface area contributed by atoms with Crippen molar-refractivity contribution in [2.45, 2.75) is 26.4 Å². The first-order valence-corrected chi connectivity index (χ1v) is 5.65. The minimum absolute atomic E-state index is 0.0609. The fourth-order valence-corrected chi connectivity index (χ4v) is 1.01. The van der Waals surface area contributed by atoms with Gasteiger partial charge in [-0.15, -0.1) is 0 Å². The predicted octanol–water partition coefficient (Wildman–Crippen LogP) is 1.49. The first-order chi connectivity index (χ1) is 8.69. The van der Waals surface area contributed by atoms with Crippen LogP contribution in [0.3, 0.4) is 0 Å². The average Bonchev–Trinajstić information content (AvgIpc) is 2.25. The Balaban J connectivity index is 4.75. The van der Waals surface area contributed by atoms with Crippen LogP contribution in [-0.4, -0.2) is 35.5 Å². The molecule has 0 aliphatic rings. The highest BCUT2D eigenvalue weighted by molar-refractivity contribution is 6.51. The zero-order valence-corrected chi connectivity index (χ0v) is 11.3. The molecular formula is C12H19BFNO4. The average molecular weight is 271 g/mol. The van der Waals surface area contributed by atoms with E-state index in [-0.39, 0.29) is 11.2 Å². The number of alkyl carbamates (subject to hydrolysis) is 1. The monoisotopic (exact) mass is 271 g/mol.